The van der Waals surface area contributed by atoms with Gasteiger partial charge in [0.15, 0.2) is 0 Å². The van der Waals surface area contributed by atoms with Crippen molar-refractivity contribution in [1.29, 1.82) is 0 Å². The quantitative estimate of drug-likeness (QED) is 0.848. The van der Waals surface area contributed by atoms with Crippen LogP contribution in [0.15, 0.2) is 12.3 Å². The Bertz CT molecular complexity index is 488. The molecule has 4 N–H and O–H groups in total. The number of pyridine rings is 1. The van der Waals surface area contributed by atoms with E-state index in [1.165, 1.54) is 6.42 Å². The minimum atomic E-state index is -0.479. The summed E-state index contributed by atoms with van der Waals surface area (Å²) in [5.74, 6) is 1.32. The summed E-state index contributed by atoms with van der Waals surface area (Å²) in [6, 6.07) is 1.95. The molecule has 0 spiro atoms. The lowest BCUT2D eigenvalue weighted by molar-refractivity contribution is 0.1000. The predicted molar refractivity (Wildman–Crippen MR) is 76.9 cm³/mol. The summed E-state index contributed by atoms with van der Waals surface area (Å²) in [4.78, 5) is 18.1. The molecule has 2 heterocycles. The van der Waals surface area contributed by atoms with Crippen molar-refractivity contribution in [2.24, 2.45) is 17.6 Å². The Balaban J connectivity index is 2.42. The smallest absolute Gasteiger partial charge is 0.252 e. The van der Waals surface area contributed by atoms with Crippen LogP contribution in [0, 0.1) is 11.8 Å². The molecule has 1 aliphatic heterocycles. The number of carbonyl (C=O) groups excluding carboxylic acids is 1. The van der Waals surface area contributed by atoms with E-state index < -0.39 is 5.91 Å². The zero-order chi connectivity index (χ0) is 14.2. The van der Waals surface area contributed by atoms with Gasteiger partial charge in [-0.3, -0.25) is 4.79 Å². The van der Waals surface area contributed by atoms with Crippen molar-refractivity contribution in [2.75, 3.05) is 17.2 Å². The van der Waals surface area contributed by atoms with Crippen LogP contribution in [0.1, 0.15) is 37.6 Å². The number of aromatic nitrogens is 1. The van der Waals surface area contributed by atoms with Crippen LogP contribution in [0.5, 0.6) is 0 Å². The normalized spacial score (nSPS) is 27.3. The molecule has 19 heavy (non-hydrogen) atoms. The number of rotatable bonds is 2. The van der Waals surface area contributed by atoms with E-state index in [2.05, 4.69) is 30.7 Å². The highest BCUT2D eigenvalue weighted by atomic mass is 16.1. The molecule has 1 aromatic heterocycles. The second kappa shape index (κ2) is 5.07. The van der Waals surface area contributed by atoms with E-state index in [1.54, 1.807) is 12.3 Å². The molecule has 1 aromatic rings. The Hall–Kier alpha value is -1.78. The first kappa shape index (κ1) is 13.6. The van der Waals surface area contributed by atoms with Crippen LogP contribution in [0.2, 0.25) is 0 Å². The minimum absolute atomic E-state index is 0.338. The average Bonchev–Trinajstić information content (AvgIpc) is 2.34. The highest BCUT2D eigenvalue weighted by Crippen LogP contribution is 2.32. The Morgan fingerprint density at radius 2 is 2.11 bits per heavy atom. The van der Waals surface area contributed by atoms with Crippen molar-refractivity contribution in [3.05, 3.63) is 17.8 Å². The summed E-state index contributed by atoms with van der Waals surface area (Å²) in [5, 5.41) is 0. The Morgan fingerprint density at radius 3 is 2.74 bits per heavy atom. The number of nitrogens with zero attached hydrogens (tertiary/aromatic N) is 2. The van der Waals surface area contributed by atoms with E-state index >= 15 is 0 Å². The van der Waals surface area contributed by atoms with Gasteiger partial charge in [0.2, 0.25) is 0 Å². The van der Waals surface area contributed by atoms with Gasteiger partial charge in [0, 0.05) is 12.6 Å². The zero-order valence-corrected chi connectivity index (χ0v) is 11.8. The third kappa shape index (κ3) is 2.64. The van der Waals surface area contributed by atoms with Crippen molar-refractivity contribution >= 4 is 17.4 Å². The first-order chi connectivity index (χ1) is 8.90. The van der Waals surface area contributed by atoms with Gasteiger partial charge in [-0.25, -0.2) is 4.98 Å². The van der Waals surface area contributed by atoms with Crippen LogP contribution in [0.3, 0.4) is 0 Å². The molecule has 0 aromatic carbocycles. The van der Waals surface area contributed by atoms with Crippen LogP contribution in [0.25, 0.3) is 0 Å². The molecule has 3 atom stereocenters. The lowest BCUT2D eigenvalue weighted by atomic mass is 9.86. The second-order valence-electron chi connectivity index (χ2n) is 5.72. The lowest BCUT2D eigenvalue weighted by Crippen LogP contribution is -2.47. The maximum Gasteiger partial charge on any atom is 0.252 e. The van der Waals surface area contributed by atoms with Crippen molar-refractivity contribution in [3.8, 4) is 0 Å². The molecular formula is C14H22N4O. The van der Waals surface area contributed by atoms with E-state index in [0.29, 0.717) is 34.9 Å². The fourth-order valence-corrected chi connectivity index (χ4v) is 2.88. The third-order valence-electron chi connectivity index (χ3n) is 4.02. The van der Waals surface area contributed by atoms with Gasteiger partial charge in [0.25, 0.3) is 5.91 Å². The SMILES string of the molecule is CC1CC(C)C(C)N(c2ncc(N)cc2C(N)=O)C1. The van der Waals surface area contributed by atoms with Crippen LogP contribution in [0.4, 0.5) is 11.5 Å². The highest BCUT2D eigenvalue weighted by Gasteiger charge is 2.31. The van der Waals surface area contributed by atoms with Gasteiger partial charge in [-0.1, -0.05) is 13.8 Å². The number of hydrogen-bond donors (Lipinski definition) is 2. The zero-order valence-electron chi connectivity index (χ0n) is 11.8. The fraction of sp³-hybridized carbons (Fsp3) is 0.571. The molecule has 104 valence electrons. The Labute approximate surface area is 114 Å². The van der Waals surface area contributed by atoms with E-state index in [-0.39, 0.29) is 0 Å². The number of nitrogens with two attached hydrogens (primary N) is 2. The minimum Gasteiger partial charge on any atom is -0.397 e. The number of amides is 1. The van der Waals surface area contributed by atoms with Gasteiger partial charge in [-0.05, 0) is 31.2 Å². The van der Waals surface area contributed by atoms with Gasteiger partial charge < -0.3 is 16.4 Å². The number of primary amides is 1. The summed E-state index contributed by atoms with van der Waals surface area (Å²) in [5.41, 5.74) is 12.0. The van der Waals surface area contributed by atoms with E-state index in [4.69, 9.17) is 11.5 Å². The van der Waals surface area contributed by atoms with Gasteiger partial charge in [-0.2, -0.15) is 0 Å². The summed E-state index contributed by atoms with van der Waals surface area (Å²) >= 11 is 0. The molecular weight excluding hydrogens is 240 g/mol. The monoisotopic (exact) mass is 262 g/mol. The van der Waals surface area contributed by atoms with E-state index in [1.807, 2.05) is 0 Å². The molecule has 2 rings (SSSR count). The number of carbonyl (C=O) groups is 1. The topological polar surface area (TPSA) is 85.2 Å². The number of anilines is 2. The third-order valence-corrected chi connectivity index (χ3v) is 4.02. The first-order valence-electron chi connectivity index (χ1n) is 6.72. The van der Waals surface area contributed by atoms with E-state index in [9.17, 15) is 4.79 Å². The molecule has 5 nitrogen and oxygen atoms in total. The number of hydrogen-bond acceptors (Lipinski definition) is 4. The van der Waals surface area contributed by atoms with Crippen LogP contribution >= 0.6 is 0 Å². The molecule has 0 radical (unpaired) electrons. The first-order valence-corrected chi connectivity index (χ1v) is 6.72. The largest absolute Gasteiger partial charge is 0.397 e. The maximum absolute atomic E-state index is 11.6. The molecule has 0 saturated carbocycles. The molecule has 0 aliphatic carbocycles. The molecule has 1 amide bonds. The number of piperidine rings is 1. The predicted octanol–water partition coefficient (Wildman–Crippen LogP) is 1.63. The van der Waals surface area contributed by atoms with E-state index in [0.717, 1.165) is 6.54 Å². The average molecular weight is 262 g/mol. The van der Waals surface area contributed by atoms with Gasteiger partial charge in [0.05, 0.1) is 17.4 Å². The molecule has 0 bridgehead atoms. The highest BCUT2D eigenvalue weighted by molar-refractivity contribution is 5.98. The Kier molecular flexibility index (Phi) is 3.64. The second-order valence-corrected chi connectivity index (χ2v) is 5.72. The fourth-order valence-electron chi connectivity index (χ4n) is 2.88. The summed E-state index contributed by atoms with van der Waals surface area (Å²) in [6.07, 6.45) is 2.77. The molecule has 1 aliphatic rings. The molecule has 1 fully saturated rings. The maximum atomic E-state index is 11.6. The van der Waals surface area contributed by atoms with Crippen LogP contribution < -0.4 is 16.4 Å². The van der Waals surface area contributed by atoms with Crippen LogP contribution in [-0.4, -0.2) is 23.5 Å². The van der Waals surface area contributed by atoms with Crippen molar-refractivity contribution < 1.29 is 4.79 Å². The lowest BCUT2D eigenvalue weighted by Gasteiger charge is -2.42. The van der Waals surface area contributed by atoms with Crippen molar-refractivity contribution in [3.63, 3.8) is 0 Å². The Morgan fingerprint density at radius 1 is 1.42 bits per heavy atom. The van der Waals surface area contributed by atoms with Gasteiger partial charge in [0.1, 0.15) is 5.82 Å². The number of nitrogen functional groups attached to an aromatic ring is 1. The molecule has 5 heteroatoms. The van der Waals surface area contributed by atoms with Crippen molar-refractivity contribution in [1.82, 2.24) is 4.98 Å². The summed E-state index contributed by atoms with van der Waals surface area (Å²) in [6.45, 7) is 7.51. The van der Waals surface area contributed by atoms with Crippen LogP contribution in [-0.2, 0) is 0 Å². The molecule has 3 unspecified atom stereocenters. The standard InChI is InChI=1S/C14H22N4O/c1-8-4-9(2)10(3)18(7-8)14-12(13(16)19)5-11(15)6-17-14/h5-6,8-10H,4,7,15H2,1-3H3,(H2,16,19). The van der Waals surface area contributed by atoms with Gasteiger partial charge in [-0.15, -0.1) is 0 Å². The van der Waals surface area contributed by atoms with Gasteiger partial charge >= 0.3 is 0 Å². The summed E-state index contributed by atoms with van der Waals surface area (Å²) in [7, 11) is 0. The molecule has 1 saturated heterocycles. The van der Waals surface area contributed by atoms with Crippen molar-refractivity contribution in [2.45, 2.75) is 33.2 Å². The summed E-state index contributed by atoms with van der Waals surface area (Å²) < 4.78 is 0.